The molecule has 0 N–H and O–H groups in total. The quantitative estimate of drug-likeness (QED) is 0.652. The monoisotopic (exact) mass is 201 g/mol. The molecule has 0 aromatic heterocycles. The SMILES string of the molecule is N#C/C=C/C1SCCc2ccccc21. The molecule has 1 aromatic rings. The molecule has 0 saturated heterocycles. The zero-order valence-corrected chi connectivity index (χ0v) is 8.63. The number of allylic oxidation sites excluding steroid dienone is 1. The van der Waals surface area contributed by atoms with Gasteiger partial charge in [0.25, 0.3) is 0 Å². The third-order valence-corrected chi connectivity index (χ3v) is 3.59. The average molecular weight is 201 g/mol. The first-order chi connectivity index (χ1) is 6.92. The van der Waals surface area contributed by atoms with Crippen molar-refractivity contribution in [2.24, 2.45) is 0 Å². The molecule has 70 valence electrons. The minimum Gasteiger partial charge on any atom is -0.193 e. The van der Waals surface area contributed by atoms with Crippen molar-refractivity contribution in [2.75, 3.05) is 5.75 Å². The fourth-order valence-electron chi connectivity index (χ4n) is 1.71. The molecule has 0 saturated carbocycles. The van der Waals surface area contributed by atoms with E-state index in [0.29, 0.717) is 5.25 Å². The Kier molecular flexibility index (Phi) is 2.90. The standard InChI is InChI=1S/C12H11NS/c13-8-3-6-12-11-5-2-1-4-10(11)7-9-14-12/h1-6,12H,7,9H2/b6-3+. The summed E-state index contributed by atoms with van der Waals surface area (Å²) in [5, 5.41) is 8.87. The molecular weight excluding hydrogens is 190 g/mol. The van der Waals surface area contributed by atoms with Crippen LogP contribution in [0.1, 0.15) is 16.4 Å². The van der Waals surface area contributed by atoms with Crippen molar-refractivity contribution in [1.82, 2.24) is 0 Å². The van der Waals surface area contributed by atoms with Gasteiger partial charge in [0.1, 0.15) is 0 Å². The van der Waals surface area contributed by atoms with Crippen LogP contribution in [0.4, 0.5) is 0 Å². The van der Waals surface area contributed by atoms with Crippen molar-refractivity contribution in [2.45, 2.75) is 11.7 Å². The summed E-state index contributed by atoms with van der Waals surface area (Å²) in [6.07, 6.45) is 4.72. The van der Waals surface area contributed by atoms with Crippen molar-refractivity contribution in [1.29, 1.82) is 5.26 Å². The van der Waals surface area contributed by atoms with E-state index in [0.717, 1.165) is 12.2 Å². The molecule has 0 bridgehead atoms. The van der Waals surface area contributed by atoms with Gasteiger partial charge in [-0.1, -0.05) is 30.3 Å². The highest BCUT2D eigenvalue weighted by Crippen LogP contribution is 2.37. The number of aryl methyl sites for hydroxylation is 1. The van der Waals surface area contributed by atoms with Gasteiger partial charge in [0, 0.05) is 11.3 Å². The third kappa shape index (κ3) is 1.83. The van der Waals surface area contributed by atoms with Crippen molar-refractivity contribution in [3.8, 4) is 6.07 Å². The van der Waals surface area contributed by atoms with Crippen LogP contribution in [0.3, 0.4) is 0 Å². The molecule has 1 aliphatic rings. The van der Waals surface area contributed by atoms with Gasteiger partial charge in [0.15, 0.2) is 0 Å². The minimum absolute atomic E-state index is 0.375. The Bertz CT molecular complexity index is 390. The summed E-state index contributed by atoms with van der Waals surface area (Å²) in [4.78, 5) is 0. The van der Waals surface area contributed by atoms with Crippen molar-refractivity contribution < 1.29 is 0 Å². The van der Waals surface area contributed by atoms with E-state index in [-0.39, 0.29) is 0 Å². The Hall–Kier alpha value is -1.20. The highest BCUT2D eigenvalue weighted by molar-refractivity contribution is 7.99. The molecule has 0 radical (unpaired) electrons. The van der Waals surface area contributed by atoms with Gasteiger partial charge in [-0.2, -0.15) is 5.26 Å². The van der Waals surface area contributed by atoms with Crippen LogP contribution >= 0.6 is 11.8 Å². The second kappa shape index (κ2) is 4.34. The Morgan fingerprint density at radius 3 is 3.14 bits per heavy atom. The highest BCUT2D eigenvalue weighted by Gasteiger charge is 2.17. The van der Waals surface area contributed by atoms with Gasteiger partial charge in [-0.05, 0) is 23.3 Å². The van der Waals surface area contributed by atoms with Crippen LogP contribution in [0.25, 0.3) is 0 Å². The number of nitrogens with zero attached hydrogens (tertiary/aromatic N) is 1. The lowest BCUT2D eigenvalue weighted by atomic mass is 10.0. The summed E-state index contributed by atoms with van der Waals surface area (Å²) < 4.78 is 0. The summed E-state index contributed by atoms with van der Waals surface area (Å²) in [6.45, 7) is 0. The Balaban J connectivity index is 2.32. The van der Waals surface area contributed by atoms with Crippen LogP contribution in [0.2, 0.25) is 0 Å². The van der Waals surface area contributed by atoms with Gasteiger partial charge in [-0.25, -0.2) is 0 Å². The molecule has 1 unspecified atom stereocenters. The minimum atomic E-state index is 0.375. The molecule has 14 heavy (non-hydrogen) atoms. The van der Waals surface area contributed by atoms with E-state index in [1.807, 2.05) is 17.8 Å². The molecule has 1 aromatic carbocycles. The molecule has 1 nitrogen and oxygen atoms in total. The van der Waals surface area contributed by atoms with Crippen LogP contribution in [0.15, 0.2) is 36.4 Å². The maximum atomic E-state index is 8.50. The normalized spacial score (nSPS) is 20.4. The first-order valence-corrected chi connectivity index (χ1v) is 5.72. The van der Waals surface area contributed by atoms with Crippen molar-refractivity contribution in [3.05, 3.63) is 47.5 Å². The Morgan fingerprint density at radius 2 is 2.29 bits per heavy atom. The van der Waals surface area contributed by atoms with Gasteiger partial charge < -0.3 is 0 Å². The molecule has 1 aliphatic heterocycles. The molecule has 2 rings (SSSR count). The van der Waals surface area contributed by atoms with Crippen LogP contribution in [-0.2, 0) is 6.42 Å². The van der Waals surface area contributed by atoms with Crippen LogP contribution < -0.4 is 0 Å². The number of fused-ring (bicyclic) bond motifs is 1. The zero-order chi connectivity index (χ0) is 9.80. The molecular formula is C12H11NS. The van der Waals surface area contributed by atoms with Crippen LogP contribution in [0.5, 0.6) is 0 Å². The number of hydrogen-bond acceptors (Lipinski definition) is 2. The largest absolute Gasteiger partial charge is 0.193 e. The number of hydrogen-bond donors (Lipinski definition) is 0. The second-order valence-electron chi connectivity index (χ2n) is 3.23. The predicted octanol–water partition coefficient (Wildman–Crippen LogP) is 3.10. The summed E-state index contributed by atoms with van der Waals surface area (Å²) in [5.41, 5.74) is 2.80. The van der Waals surface area contributed by atoms with Crippen molar-refractivity contribution in [3.63, 3.8) is 0 Å². The summed E-state index contributed by atoms with van der Waals surface area (Å²) >= 11 is 1.91. The molecule has 0 aliphatic carbocycles. The fourth-order valence-corrected chi connectivity index (χ4v) is 2.91. The number of nitriles is 1. The van der Waals surface area contributed by atoms with E-state index >= 15 is 0 Å². The lowest BCUT2D eigenvalue weighted by molar-refractivity contribution is 1.04. The molecule has 1 heterocycles. The number of thioether (sulfide) groups is 1. The summed E-state index contributed by atoms with van der Waals surface area (Å²) in [5.74, 6) is 1.15. The van der Waals surface area contributed by atoms with E-state index in [4.69, 9.17) is 5.26 Å². The first-order valence-electron chi connectivity index (χ1n) is 4.67. The Morgan fingerprint density at radius 1 is 1.43 bits per heavy atom. The average Bonchev–Trinajstić information content (AvgIpc) is 2.26. The van der Waals surface area contributed by atoms with Crippen LogP contribution in [-0.4, -0.2) is 5.75 Å². The molecule has 1 atom stereocenters. The molecule has 0 amide bonds. The lowest BCUT2D eigenvalue weighted by Crippen LogP contribution is -2.06. The lowest BCUT2D eigenvalue weighted by Gasteiger charge is -2.22. The summed E-state index contributed by atoms with van der Waals surface area (Å²) in [7, 11) is 0. The zero-order valence-electron chi connectivity index (χ0n) is 7.81. The topological polar surface area (TPSA) is 23.8 Å². The summed E-state index contributed by atoms with van der Waals surface area (Å²) in [6, 6.07) is 10.5. The van der Waals surface area contributed by atoms with Gasteiger partial charge in [0.2, 0.25) is 0 Å². The fraction of sp³-hybridized carbons (Fsp3) is 0.250. The molecule has 0 spiro atoms. The molecule has 2 heteroatoms. The highest BCUT2D eigenvalue weighted by atomic mass is 32.2. The van der Waals surface area contributed by atoms with Gasteiger partial charge in [-0.3, -0.25) is 0 Å². The van der Waals surface area contributed by atoms with Gasteiger partial charge in [0.05, 0.1) is 6.07 Å². The smallest absolute Gasteiger partial charge is 0.0909 e. The number of rotatable bonds is 1. The van der Waals surface area contributed by atoms with E-state index in [1.54, 1.807) is 6.08 Å². The third-order valence-electron chi connectivity index (χ3n) is 2.38. The maximum absolute atomic E-state index is 8.50. The first kappa shape index (κ1) is 9.36. The van der Waals surface area contributed by atoms with E-state index in [2.05, 4.69) is 30.3 Å². The van der Waals surface area contributed by atoms with Gasteiger partial charge in [-0.15, -0.1) is 11.8 Å². The second-order valence-corrected chi connectivity index (χ2v) is 4.48. The number of benzene rings is 1. The van der Waals surface area contributed by atoms with E-state index in [9.17, 15) is 0 Å². The van der Waals surface area contributed by atoms with E-state index < -0.39 is 0 Å². The molecule has 0 fully saturated rings. The van der Waals surface area contributed by atoms with Gasteiger partial charge >= 0.3 is 0 Å². The van der Waals surface area contributed by atoms with Crippen LogP contribution in [0, 0.1) is 11.3 Å². The van der Waals surface area contributed by atoms with E-state index in [1.165, 1.54) is 11.1 Å². The predicted molar refractivity (Wildman–Crippen MR) is 60.1 cm³/mol. The maximum Gasteiger partial charge on any atom is 0.0909 e. The Labute approximate surface area is 88.4 Å². The van der Waals surface area contributed by atoms with Crippen molar-refractivity contribution >= 4 is 11.8 Å².